The summed E-state index contributed by atoms with van der Waals surface area (Å²) in [6.45, 7) is 9.54. The molecule has 2 heteroatoms. The van der Waals surface area contributed by atoms with Gasteiger partial charge in [-0.15, -0.1) is 0 Å². The number of hydrogen-bond acceptors (Lipinski definition) is 2. The van der Waals surface area contributed by atoms with E-state index >= 15 is 0 Å². The zero-order chi connectivity index (χ0) is 9.72. The normalized spacial score (nSPS) is 17.0. The number of rotatable bonds is 5. The largest absolute Gasteiger partial charge is 0.392 e. The van der Waals surface area contributed by atoms with Crippen LogP contribution >= 0.6 is 0 Å². The molecular formula is C10H23NO. The Kier molecular flexibility index (Phi) is 5.51. The Morgan fingerprint density at radius 2 is 1.75 bits per heavy atom. The smallest absolute Gasteiger partial charge is 0.0690 e. The van der Waals surface area contributed by atoms with E-state index in [4.69, 9.17) is 0 Å². The quantitative estimate of drug-likeness (QED) is 0.684. The van der Waals surface area contributed by atoms with Crippen LogP contribution in [-0.4, -0.2) is 35.7 Å². The molecule has 0 radical (unpaired) electrons. The Morgan fingerprint density at radius 3 is 2.08 bits per heavy atom. The van der Waals surface area contributed by atoms with Gasteiger partial charge in [-0.05, 0) is 26.3 Å². The van der Waals surface area contributed by atoms with Crippen molar-refractivity contribution in [3.8, 4) is 0 Å². The molecule has 74 valence electrons. The van der Waals surface area contributed by atoms with Crippen LogP contribution in [0.1, 0.15) is 34.1 Å². The lowest BCUT2D eigenvalue weighted by molar-refractivity contribution is 0.0646. The second-order valence-electron chi connectivity index (χ2n) is 4.05. The van der Waals surface area contributed by atoms with Gasteiger partial charge in [0.1, 0.15) is 0 Å². The molecule has 0 aromatic rings. The molecule has 0 aromatic heterocycles. The van der Waals surface area contributed by atoms with Crippen molar-refractivity contribution in [1.29, 1.82) is 0 Å². The molecule has 0 saturated carbocycles. The maximum atomic E-state index is 9.57. The van der Waals surface area contributed by atoms with Gasteiger partial charge in [0.05, 0.1) is 6.10 Å². The first-order chi connectivity index (χ1) is 5.49. The first-order valence-electron chi connectivity index (χ1n) is 4.87. The monoisotopic (exact) mass is 173 g/mol. The highest BCUT2D eigenvalue weighted by molar-refractivity contribution is 4.71. The molecular weight excluding hydrogens is 150 g/mol. The average molecular weight is 173 g/mol. The third-order valence-electron chi connectivity index (χ3n) is 2.32. The van der Waals surface area contributed by atoms with Gasteiger partial charge in [-0.25, -0.2) is 0 Å². The Hall–Kier alpha value is -0.0800. The van der Waals surface area contributed by atoms with Crippen molar-refractivity contribution < 1.29 is 5.11 Å². The Labute approximate surface area is 76.6 Å². The second-order valence-corrected chi connectivity index (χ2v) is 4.05. The van der Waals surface area contributed by atoms with Gasteiger partial charge >= 0.3 is 0 Å². The van der Waals surface area contributed by atoms with Crippen molar-refractivity contribution in [3.05, 3.63) is 0 Å². The zero-order valence-corrected chi connectivity index (χ0v) is 9.04. The Bertz CT molecular complexity index is 114. The molecule has 0 aliphatic carbocycles. The summed E-state index contributed by atoms with van der Waals surface area (Å²) in [6, 6.07) is 0.275. The number of aliphatic hydroxyl groups excluding tert-OH is 1. The molecule has 0 saturated heterocycles. The molecule has 0 rings (SSSR count). The molecule has 0 aromatic carbocycles. The van der Waals surface area contributed by atoms with Crippen LogP contribution < -0.4 is 0 Å². The summed E-state index contributed by atoms with van der Waals surface area (Å²) in [7, 11) is 2.07. The maximum absolute atomic E-state index is 9.57. The molecule has 0 fully saturated rings. The molecule has 1 N–H and O–H groups in total. The fourth-order valence-corrected chi connectivity index (χ4v) is 1.38. The van der Waals surface area contributed by atoms with E-state index in [1.54, 1.807) is 0 Å². The topological polar surface area (TPSA) is 23.5 Å². The Balaban J connectivity index is 3.83. The summed E-state index contributed by atoms with van der Waals surface area (Å²) in [5, 5.41) is 9.57. The first kappa shape index (κ1) is 11.9. The fraction of sp³-hybridized carbons (Fsp3) is 1.00. The van der Waals surface area contributed by atoms with Crippen molar-refractivity contribution in [2.75, 3.05) is 13.6 Å². The van der Waals surface area contributed by atoms with Gasteiger partial charge in [0.25, 0.3) is 0 Å². The second kappa shape index (κ2) is 5.55. The molecule has 0 spiro atoms. The first-order valence-corrected chi connectivity index (χ1v) is 4.87. The van der Waals surface area contributed by atoms with Gasteiger partial charge < -0.3 is 10.0 Å². The van der Waals surface area contributed by atoms with Crippen LogP contribution in [0, 0.1) is 5.92 Å². The third kappa shape index (κ3) is 4.07. The molecule has 0 aliphatic heterocycles. The number of nitrogens with zero attached hydrogens (tertiary/aromatic N) is 1. The summed E-state index contributed by atoms with van der Waals surface area (Å²) in [4.78, 5) is 2.22. The number of hydrogen-bond donors (Lipinski definition) is 1. The molecule has 2 nitrogen and oxygen atoms in total. The van der Waals surface area contributed by atoms with E-state index in [1.807, 2.05) is 6.92 Å². The molecule has 0 aliphatic rings. The highest BCUT2D eigenvalue weighted by Gasteiger charge is 2.17. The lowest BCUT2D eigenvalue weighted by Crippen LogP contribution is -2.40. The summed E-state index contributed by atoms with van der Waals surface area (Å²) >= 11 is 0. The summed E-state index contributed by atoms with van der Waals surface area (Å²) < 4.78 is 0. The zero-order valence-electron chi connectivity index (χ0n) is 9.04. The van der Waals surface area contributed by atoms with Crippen LogP contribution in [-0.2, 0) is 0 Å². The van der Waals surface area contributed by atoms with E-state index in [1.165, 1.54) is 0 Å². The number of likely N-dealkylation sites (N-methyl/N-ethyl adjacent to an activating group) is 1. The predicted molar refractivity (Wildman–Crippen MR) is 53.2 cm³/mol. The number of aliphatic hydroxyl groups is 1. The third-order valence-corrected chi connectivity index (χ3v) is 2.32. The fourth-order valence-electron chi connectivity index (χ4n) is 1.38. The standard InChI is InChI=1S/C10H23NO/c1-6-10(12)9(4)11(5)7-8(2)3/h8-10,12H,6-7H2,1-5H3. The molecule has 0 bridgehead atoms. The SMILES string of the molecule is CCC(O)C(C)N(C)CC(C)C. The molecule has 2 atom stereocenters. The van der Waals surface area contributed by atoms with Crippen LogP contribution in [0.5, 0.6) is 0 Å². The van der Waals surface area contributed by atoms with Gasteiger partial charge in [0.15, 0.2) is 0 Å². The van der Waals surface area contributed by atoms with Crippen molar-refractivity contribution in [2.45, 2.75) is 46.3 Å². The van der Waals surface area contributed by atoms with Crippen molar-refractivity contribution in [2.24, 2.45) is 5.92 Å². The van der Waals surface area contributed by atoms with Crippen molar-refractivity contribution in [3.63, 3.8) is 0 Å². The summed E-state index contributed by atoms with van der Waals surface area (Å²) in [5.74, 6) is 0.668. The van der Waals surface area contributed by atoms with E-state index in [2.05, 4.69) is 32.7 Å². The minimum atomic E-state index is -0.186. The van der Waals surface area contributed by atoms with Crippen molar-refractivity contribution >= 4 is 0 Å². The highest BCUT2D eigenvalue weighted by atomic mass is 16.3. The summed E-state index contributed by atoms with van der Waals surface area (Å²) in [5.41, 5.74) is 0. The average Bonchev–Trinajstić information content (AvgIpc) is 2.00. The molecule has 12 heavy (non-hydrogen) atoms. The van der Waals surface area contributed by atoms with Gasteiger partial charge in [-0.1, -0.05) is 20.8 Å². The van der Waals surface area contributed by atoms with Gasteiger partial charge in [0.2, 0.25) is 0 Å². The highest BCUT2D eigenvalue weighted by Crippen LogP contribution is 2.07. The van der Waals surface area contributed by atoms with E-state index < -0.39 is 0 Å². The van der Waals surface area contributed by atoms with E-state index in [9.17, 15) is 5.11 Å². The lowest BCUT2D eigenvalue weighted by atomic mass is 10.1. The van der Waals surface area contributed by atoms with Gasteiger partial charge in [-0.2, -0.15) is 0 Å². The summed E-state index contributed by atoms with van der Waals surface area (Å²) in [6.07, 6.45) is 0.651. The van der Waals surface area contributed by atoms with Crippen LogP contribution in [0.25, 0.3) is 0 Å². The minimum Gasteiger partial charge on any atom is -0.392 e. The van der Waals surface area contributed by atoms with Crippen LogP contribution in [0.15, 0.2) is 0 Å². The van der Waals surface area contributed by atoms with Crippen LogP contribution in [0.4, 0.5) is 0 Å². The van der Waals surface area contributed by atoms with Gasteiger partial charge in [0, 0.05) is 12.6 Å². The van der Waals surface area contributed by atoms with Gasteiger partial charge in [-0.3, -0.25) is 0 Å². The minimum absolute atomic E-state index is 0.186. The maximum Gasteiger partial charge on any atom is 0.0690 e. The molecule has 0 heterocycles. The molecule has 2 unspecified atom stereocenters. The van der Waals surface area contributed by atoms with E-state index in [0.29, 0.717) is 5.92 Å². The van der Waals surface area contributed by atoms with E-state index in [-0.39, 0.29) is 12.1 Å². The van der Waals surface area contributed by atoms with E-state index in [0.717, 1.165) is 13.0 Å². The van der Waals surface area contributed by atoms with Crippen molar-refractivity contribution in [1.82, 2.24) is 4.90 Å². The van der Waals surface area contributed by atoms with Crippen LogP contribution in [0.2, 0.25) is 0 Å². The lowest BCUT2D eigenvalue weighted by Gasteiger charge is -2.29. The van der Waals surface area contributed by atoms with Crippen LogP contribution in [0.3, 0.4) is 0 Å². The Morgan fingerprint density at radius 1 is 1.25 bits per heavy atom. The molecule has 0 amide bonds. The predicted octanol–water partition coefficient (Wildman–Crippen LogP) is 1.73.